The normalized spacial score (nSPS) is 13.3. The number of nitrogens with zero attached hydrogens (tertiary/aromatic N) is 4. The lowest BCUT2D eigenvalue weighted by atomic mass is 9.90. The smallest absolute Gasteiger partial charge is 0.338 e. The lowest BCUT2D eigenvalue weighted by Crippen LogP contribution is -2.49. The number of carbonyl (C=O) groups excluding carboxylic acids is 4. The van der Waals surface area contributed by atoms with Crippen molar-refractivity contribution in [3.63, 3.8) is 0 Å². The number of anilines is 2. The number of methoxy groups -OCH3 is 3. The van der Waals surface area contributed by atoms with E-state index in [1.807, 2.05) is 98.3 Å². The van der Waals surface area contributed by atoms with Gasteiger partial charge in [0.15, 0.2) is 12.8 Å². The Kier molecular flexibility index (Phi) is 24.5. The Morgan fingerprint density at radius 1 is 0.798 bits per heavy atom. The quantitative estimate of drug-likeness (QED) is 0.0599. The molecule has 468 valence electrons. The van der Waals surface area contributed by atoms with E-state index in [0.29, 0.717) is 42.7 Å². The first-order chi connectivity index (χ1) is 42.2. The molecule has 0 bridgehead atoms. The Morgan fingerprint density at radius 2 is 1.39 bits per heavy atom. The number of ether oxygens (including phenoxy) is 6. The maximum absolute atomic E-state index is 13.2. The van der Waals surface area contributed by atoms with E-state index in [-0.39, 0.29) is 64.8 Å². The standard InChI is InChI=1S/C20H19Cl2NO2.C16H15Cl2NO2.C16H18N4O7S.C10H9NO3S/c1-13-18(14-7-5-4-6-8-14)19(24)23(12-25-13)20(2,3)15-9-16(21)11-17(22)10-15;1-10-13(17)8-9-14(15(10)18)21-11(2)16(20)19-12-6-4-3-5-7-12;1-25-12-8-13(26-2)18-15(17-12)19-16(22)20-28(23,24)9-10-6-4-5-7-11(10)14(21)27-3;1-2-7-14-10-8-5-3-4-6-9(8)15(12,13)11-10/h4-11H,12H2,1-3H3;3-9,11H,1-2H3,(H,19,20);4-8H,9H2,1-3H3,(H2,17,18,19,20,22);2-6H,1,7H2. The number of allylic oxidation sites excluding steroid dienone is 1. The van der Waals surface area contributed by atoms with Gasteiger partial charge in [-0.1, -0.05) is 138 Å². The molecule has 89 heavy (non-hydrogen) atoms. The van der Waals surface area contributed by atoms with Gasteiger partial charge in [0.05, 0.1) is 60.4 Å². The summed E-state index contributed by atoms with van der Waals surface area (Å²) in [5.41, 5.74) is 3.86. The molecule has 0 aliphatic carbocycles. The Morgan fingerprint density at radius 3 is 2.01 bits per heavy atom. The zero-order chi connectivity index (χ0) is 65.2. The maximum atomic E-state index is 13.2. The molecule has 2 aliphatic rings. The average molecular weight is 1330 g/mol. The van der Waals surface area contributed by atoms with Crippen LogP contribution in [0.15, 0.2) is 173 Å². The number of para-hydroxylation sites is 1. The van der Waals surface area contributed by atoms with Crippen LogP contribution >= 0.6 is 46.4 Å². The first kappa shape index (κ1) is 69.4. The van der Waals surface area contributed by atoms with E-state index in [0.717, 1.165) is 22.4 Å². The van der Waals surface area contributed by atoms with E-state index >= 15 is 0 Å². The van der Waals surface area contributed by atoms with Crippen molar-refractivity contribution in [2.75, 3.05) is 45.3 Å². The highest BCUT2D eigenvalue weighted by molar-refractivity contribution is 7.90. The van der Waals surface area contributed by atoms with Crippen LogP contribution in [0, 0.1) is 6.92 Å². The number of sulfonamides is 2. The zero-order valence-corrected chi connectivity index (χ0v) is 53.8. The summed E-state index contributed by atoms with van der Waals surface area (Å²) >= 11 is 24.4. The summed E-state index contributed by atoms with van der Waals surface area (Å²) in [6.45, 7) is 13.1. The van der Waals surface area contributed by atoms with Crippen molar-refractivity contribution in [2.24, 2.45) is 4.40 Å². The van der Waals surface area contributed by atoms with Crippen molar-refractivity contribution in [1.29, 1.82) is 0 Å². The molecule has 9 rings (SSSR count). The van der Waals surface area contributed by atoms with Crippen LogP contribution in [0.25, 0.3) is 5.57 Å². The highest BCUT2D eigenvalue weighted by atomic mass is 35.5. The third kappa shape index (κ3) is 18.9. The van der Waals surface area contributed by atoms with E-state index in [9.17, 15) is 36.0 Å². The Balaban J connectivity index is 0.000000193. The van der Waals surface area contributed by atoms with Gasteiger partial charge in [-0.15, -0.1) is 4.40 Å². The highest BCUT2D eigenvalue weighted by Gasteiger charge is 2.39. The molecule has 0 spiro atoms. The topological polar surface area (TPSA) is 269 Å². The highest BCUT2D eigenvalue weighted by Crippen LogP contribution is 2.38. The van der Waals surface area contributed by atoms with Crippen LogP contribution in [0.4, 0.5) is 16.4 Å². The molecule has 0 fully saturated rings. The SMILES string of the molecule is C=CCOC1=NS(=O)(=O)c2ccccc21.CC1=C(c2ccccc2)C(=O)N(C(C)(C)c2cc(Cl)cc(Cl)c2)CO1.COC(=O)c1ccccc1CS(=O)(=O)NC(=O)Nc1nc(OC)cc(OC)n1.Cc1c(Cl)ccc(OC(C)C(=O)Nc2ccccc2)c1Cl. The van der Waals surface area contributed by atoms with Crippen molar-refractivity contribution in [3.8, 4) is 17.5 Å². The molecule has 1 atom stereocenters. The van der Waals surface area contributed by atoms with Crippen molar-refractivity contribution in [2.45, 2.75) is 56.9 Å². The molecular weight excluding hydrogens is 1270 g/mol. The minimum absolute atomic E-state index is 0.0731. The summed E-state index contributed by atoms with van der Waals surface area (Å²) in [6, 6.07) is 40.3. The number of esters is 1. The molecule has 0 saturated carbocycles. The molecule has 3 heterocycles. The van der Waals surface area contributed by atoms with Crippen molar-refractivity contribution < 1.29 is 64.4 Å². The second-order valence-corrected chi connectivity index (χ2v) is 24.3. The largest absolute Gasteiger partial charge is 0.481 e. The van der Waals surface area contributed by atoms with Crippen LogP contribution in [-0.2, 0) is 55.1 Å². The van der Waals surface area contributed by atoms with Gasteiger partial charge in [-0.25, -0.2) is 22.7 Å². The fourth-order valence-electron chi connectivity index (χ4n) is 8.18. The fourth-order valence-corrected chi connectivity index (χ4v) is 11.3. The van der Waals surface area contributed by atoms with E-state index in [1.165, 1.54) is 51.7 Å². The summed E-state index contributed by atoms with van der Waals surface area (Å²) in [7, 11) is -3.80. The number of hydrogen-bond donors (Lipinski definition) is 3. The maximum Gasteiger partial charge on any atom is 0.338 e. The summed E-state index contributed by atoms with van der Waals surface area (Å²) in [5.74, 6) is -0.415. The molecule has 6 aromatic carbocycles. The van der Waals surface area contributed by atoms with Crippen LogP contribution in [0.2, 0.25) is 20.1 Å². The number of carbonyl (C=O) groups is 4. The molecule has 1 aromatic heterocycles. The fraction of sp³-hybridized carbons (Fsp3) is 0.210. The van der Waals surface area contributed by atoms with E-state index < -0.39 is 49.4 Å². The minimum atomic E-state index is -4.14. The molecular formula is C62H61Cl4N7O14S2. The molecule has 2 aliphatic heterocycles. The van der Waals surface area contributed by atoms with Gasteiger partial charge in [0.1, 0.15) is 23.0 Å². The molecule has 21 nitrogen and oxygen atoms in total. The molecule has 4 amide bonds. The number of halogens is 4. The van der Waals surface area contributed by atoms with E-state index in [1.54, 1.807) is 67.3 Å². The molecule has 3 N–H and O–H groups in total. The van der Waals surface area contributed by atoms with Gasteiger partial charge in [0.25, 0.3) is 21.8 Å². The zero-order valence-electron chi connectivity index (χ0n) is 49.2. The van der Waals surface area contributed by atoms with Gasteiger partial charge < -0.3 is 33.7 Å². The van der Waals surface area contributed by atoms with Crippen LogP contribution in [0.1, 0.15) is 65.9 Å². The van der Waals surface area contributed by atoms with Gasteiger partial charge >= 0.3 is 12.0 Å². The number of aromatic nitrogens is 2. The van der Waals surface area contributed by atoms with Crippen molar-refractivity contribution in [3.05, 3.63) is 217 Å². The summed E-state index contributed by atoms with van der Waals surface area (Å²) < 4.78 is 84.1. The number of nitrogens with one attached hydrogen (secondary N) is 3. The molecule has 27 heteroatoms. The third-order valence-corrected chi connectivity index (χ3v) is 16.6. The molecule has 1 unspecified atom stereocenters. The van der Waals surface area contributed by atoms with Crippen molar-refractivity contribution in [1.82, 2.24) is 19.6 Å². The predicted molar refractivity (Wildman–Crippen MR) is 342 cm³/mol. The van der Waals surface area contributed by atoms with Gasteiger partial charge in [0, 0.05) is 20.8 Å². The lowest BCUT2D eigenvalue weighted by molar-refractivity contribution is -0.139. The van der Waals surface area contributed by atoms with Crippen LogP contribution < -0.4 is 29.6 Å². The number of amides is 4. The van der Waals surface area contributed by atoms with Gasteiger partial charge in [-0.2, -0.15) is 18.4 Å². The molecule has 7 aromatic rings. The first-order valence-corrected chi connectivity index (χ1v) is 31.1. The van der Waals surface area contributed by atoms with Crippen molar-refractivity contribution >= 4 is 113 Å². The monoisotopic (exact) mass is 1330 g/mol. The van der Waals surface area contributed by atoms with Crippen LogP contribution in [-0.4, -0.2) is 102 Å². The van der Waals surface area contributed by atoms with E-state index in [4.69, 9.17) is 70.1 Å². The van der Waals surface area contributed by atoms with Gasteiger partial charge in [0.2, 0.25) is 33.6 Å². The number of rotatable bonds is 16. The Bertz CT molecular complexity index is 3990. The summed E-state index contributed by atoms with van der Waals surface area (Å²) in [6.07, 6.45) is 0.860. The average Bonchev–Trinajstić information content (AvgIpc) is 1.82. The van der Waals surface area contributed by atoms with E-state index in [2.05, 4.69) is 36.3 Å². The summed E-state index contributed by atoms with van der Waals surface area (Å²) in [5, 5.41) is 7.01. The number of urea groups is 1. The second-order valence-electron chi connectivity index (χ2n) is 19.3. The Hall–Kier alpha value is -8.71. The second kappa shape index (κ2) is 31.5. The number of hydrogen-bond acceptors (Lipinski definition) is 16. The lowest BCUT2D eigenvalue weighted by Gasteiger charge is -2.42. The molecule has 0 radical (unpaired) electrons. The Labute approximate surface area is 535 Å². The third-order valence-electron chi connectivity index (χ3n) is 12.8. The summed E-state index contributed by atoms with van der Waals surface area (Å²) in [4.78, 5) is 58.7. The number of benzene rings is 6. The predicted octanol–water partition coefficient (Wildman–Crippen LogP) is 12.5. The molecule has 0 saturated heterocycles. The van der Waals surface area contributed by atoms with Gasteiger partial charge in [-0.3, -0.25) is 19.8 Å². The van der Waals surface area contributed by atoms with Gasteiger partial charge in [-0.05, 0) is 118 Å². The number of fused-ring (bicyclic) bond motifs is 1. The van der Waals surface area contributed by atoms with Crippen LogP contribution in [0.5, 0.6) is 17.5 Å². The first-order valence-electron chi connectivity index (χ1n) is 26.5. The van der Waals surface area contributed by atoms with Crippen LogP contribution in [0.3, 0.4) is 0 Å². The minimum Gasteiger partial charge on any atom is -0.481 e.